The molecule has 2 heterocycles. The fourth-order valence-corrected chi connectivity index (χ4v) is 2.89. The van der Waals surface area contributed by atoms with Crippen molar-refractivity contribution in [2.24, 2.45) is 5.92 Å². The topological polar surface area (TPSA) is 53.9 Å². The van der Waals surface area contributed by atoms with Gasteiger partial charge in [-0.05, 0) is 37.0 Å². The highest BCUT2D eigenvalue weighted by Crippen LogP contribution is 2.36. The van der Waals surface area contributed by atoms with Crippen LogP contribution >= 0.6 is 11.6 Å². The van der Waals surface area contributed by atoms with Crippen LogP contribution in [-0.2, 0) is 6.18 Å². The molecule has 1 aliphatic rings. The number of nitrogens with zero attached hydrogens (tertiary/aromatic N) is 4. The Labute approximate surface area is 148 Å². The number of rotatable bonds is 3. The Hall–Kier alpha value is -2.09. The predicted octanol–water partition coefficient (Wildman–Crippen LogP) is 4.52. The average molecular weight is 372 g/mol. The van der Waals surface area contributed by atoms with Crippen molar-refractivity contribution < 1.29 is 13.2 Å². The van der Waals surface area contributed by atoms with E-state index in [1.165, 1.54) is 18.3 Å². The molecule has 134 valence electrons. The zero-order chi connectivity index (χ0) is 18.0. The number of hydrogen-bond donors (Lipinski definition) is 1. The van der Waals surface area contributed by atoms with Crippen LogP contribution in [0.2, 0.25) is 5.02 Å². The lowest BCUT2D eigenvalue weighted by Crippen LogP contribution is -2.34. The van der Waals surface area contributed by atoms with Crippen LogP contribution in [-0.4, -0.2) is 28.3 Å². The summed E-state index contributed by atoms with van der Waals surface area (Å²) in [6, 6.07) is 3.61. The molecule has 0 amide bonds. The molecule has 25 heavy (non-hydrogen) atoms. The first-order valence-electron chi connectivity index (χ1n) is 7.91. The Morgan fingerprint density at radius 3 is 2.64 bits per heavy atom. The standard InChI is InChI=1S/C16H17ClF3N5/c1-10-4-6-25(7-5-10)15-23-14(9-21-24-15)22-11-2-3-13(17)12(8-11)16(18,19)20/h2-3,8-10H,4-7H2,1H3,(H,22,23,24). The fourth-order valence-electron chi connectivity index (χ4n) is 2.67. The molecule has 3 rings (SSSR count). The summed E-state index contributed by atoms with van der Waals surface area (Å²) in [4.78, 5) is 6.39. The number of nitrogens with one attached hydrogen (secondary N) is 1. The monoisotopic (exact) mass is 371 g/mol. The summed E-state index contributed by atoms with van der Waals surface area (Å²) in [5.41, 5.74) is -0.665. The SMILES string of the molecule is CC1CCN(c2nncc(Nc3ccc(Cl)c(C(F)(F)F)c3)n2)CC1. The van der Waals surface area contributed by atoms with Gasteiger partial charge in [-0.15, -0.1) is 5.10 Å². The average Bonchev–Trinajstić information content (AvgIpc) is 2.56. The Morgan fingerprint density at radius 1 is 1.24 bits per heavy atom. The van der Waals surface area contributed by atoms with Crippen molar-refractivity contribution in [1.82, 2.24) is 15.2 Å². The molecule has 1 N–H and O–H groups in total. The van der Waals surface area contributed by atoms with Gasteiger partial charge in [-0.25, -0.2) is 0 Å². The number of alkyl halides is 3. The molecule has 9 heteroatoms. The summed E-state index contributed by atoms with van der Waals surface area (Å²) >= 11 is 5.63. The Balaban J connectivity index is 1.79. The molecule has 0 aliphatic carbocycles. The third-order valence-corrected chi connectivity index (χ3v) is 4.49. The number of piperidine rings is 1. The third kappa shape index (κ3) is 4.31. The summed E-state index contributed by atoms with van der Waals surface area (Å²) in [6.07, 6.45) is -1.05. The van der Waals surface area contributed by atoms with Gasteiger partial charge in [-0.1, -0.05) is 18.5 Å². The van der Waals surface area contributed by atoms with Crippen molar-refractivity contribution in [3.05, 3.63) is 35.0 Å². The van der Waals surface area contributed by atoms with Crippen molar-refractivity contribution in [3.8, 4) is 0 Å². The molecular formula is C16H17ClF3N5. The molecule has 2 aromatic rings. The Bertz CT molecular complexity index is 745. The number of benzene rings is 1. The third-order valence-electron chi connectivity index (χ3n) is 4.16. The first-order valence-corrected chi connectivity index (χ1v) is 8.29. The van der Waals surface area contributed by atoms with E-state index >= 15 is 0 Å². The van der Waals surface area contributed by atoms with Gasteiger partial charge >= 0.3 is 6.18 Å². The Kier molecular flexibility index (Phi) is 4.99. The van der Waals surface area contributed by atoms with Crippen molar-refractivity contribution in [2.45, 2.75) is 25.9 Å². The molecule has 1 saturated heterocycles. The van der Waals surface area contributed by atoms with Gasteiger partial charge < -0.3 is 10.2 Å². The van der Waals surface area contributed by atoms with E-state index in [4.69, 9.17) is 11.6 Å². The van der Waals surface area contributed by atoms with Gasteiger partial charge in [0.15, 0.2) is 5.82 Å². The molecule has 0 saturated carbocycles. The molecule has 1 aromatic heterocycles. The maximum atomic E-state index is 12.9. The minimum Gasteiger partial charge on any atom is -0.339 e. The minimum absolute atomic E-state index is 0.232. The van der Waals surface area contributed by atoms with Crippen LogP contribution < -0.4 is 10.2 Å². The van der Waals surface area contributed by atoms with Crippen LogP contribution in [0.5, 0.6) is 0 Å². The van der Waals surface area contributed by atoms with E-state index in [0.717, 1.165) is 32.0 Å². The van der Waals surface area contributed by atoms with Crippen LogP contribution in [0.15, 0.2) is 24.4 Å². The second kappa shape index (κ2) is 7.03. The first-order chi connectivity index (χ1) is 11.8. The van der Waals surface area contributed by atoms with Gasteiger partial charge in [0.25, 0.3) is 0 Å². The summed E-state index contributed by atoms with van der Waals surface area (Å²) in [7, 11) is 0. The molecule has 5 nitrogen and oxygen atoms in total. The molecule has 1 aliphatic heterocycles. The Morgan fingerprint density at radius 2 is 1.96 bits per heavy atom. The zero-order valence-corrected chi connectivity index (χ0v) is 14.3. The van der Waals surface area contributed by atoms with Gasteiger partial charge in [0.2, 0.25) is 5.95 Å². The molecule has 0 atom stereocenters. The van der Waals surface area contributed by atoms with Crippen LogP contribution in [0.25, 0.3) is 0 Å². The normalized spacial score (nSPS) is 16.1. The minimum atomic E-state index is -4.52. The fraction of sp³-hybridized carbons (Fsp3) is 0.438. The van der Waals surface area contributed by atoms with Crippen molar-refractivity contribution in [3.63, 3.8) is 0 Å². The molecular weight excluding hydrogens is 355 g/mol. The van der Waals surface area contributed by atoms with E-state index in [1.54, 1.807) is 0 Å². The van der Waals surface area contributed by atoms with E-state index in [2.05, 4.69) is 27.4 Å². The number of halogens is 4. The highest BCUT2D eigenvalue weighted by Gasteiger charge is 2.33. The maximum Gasteiger partial charge on any atom is 0.417 e. The highest BCUT2D eigenvalue weighted by atomic mass is 35.5. The second-order valence-corrected chi connectivity index (χ2v) is 6.54. The predicted molar refractivity (Wildman–Crippen MR) is 90.2 cm³/mol. The summed E-state index contributed by atoms with van der Waals surface area (Å²) < 4.78 is 38.8. The van der Waals surface area contributed by atoms with Gasteiger partial charge in [0.05, 0.1) is 16.8 Å². The quantitative estimate of drug-likeness (QED) is 0.859. The number of hydrogen-bond acceptors (Lipinski definition) is 5. The van der Waals surface area contributed by atoms with Crippen LogP contribution in [0.3, 0.4) is 0 Å². The van der Waals surface area contributed by atoms with E-state index in [0.29, 0.717) is 17.7 Å². The van der Waals surface area contributed by atoms with E-state index in [9.17, 15) is 13.2 Å². The van der Waals surface area contributed by atoms with Crippen LogP contribution in [0.4, 0.5) is 30.6 Å². The first kappa shape index (κ1) is 17.7. The number of aromatic nitrogens is 3. The van der Waals surface area contributed by atoms with Crippen molar-refractivity contribution in [1.29, 1.82) is 0 Å². The molecule has 1 fully saturated rings. The smallest absolute Gasteiger partial charge is 0.339 e. The molecule has 0 spiro atoms. The van der Waals surface area contributed by atoms with Crippen LogP contribution in [0.1, 0.15) is 25.3 Å². The highest BCUT2D eigenvalue weighted by molar-refractivity contribution is 6.31. The van der Waals surface area contributed by atoms with Crippen molar-refractivity contribution >= 4 is 29.1 Å². The summed E-state index contributed by atoms with van der Waals surface area (Å²) in [5, 5.41) is 10.4. The zero-order valence-electron chi connectivity index (χ0n) is 13.5. The summed E-state index contributed by atoms with van der Waals surface area (Å²) in [6.45, 7) is 3.88. The van der Waals surface area contributed by atoms with Gasteiger partial charge in [-0.3, -0.25) is 0 Å². The van der Waals surface area contributed by atoms with E-state index in [-0.39, 0.29) is 10.7 Å². The van der Waals surface area contributed by atoms with Crippen molar-refractivity contribution in [2.75, 3.05) is 23.3 Å². The maximum absolute atomic E-state index is 12.9. The largest absolute Gasteiger partial charge is 0.417 e. The molecule has 0 unspecified atom stereocenters. The molecule has 1 aromatic carbocycles. The lowest BCUT2D eigenvalue weighted by Gasteiger charge is -2.29. The van der Waals surface area contributed by atoms with E-state index in [1.807, 2.05) is 4.90 Å². The van der Waals surface area contributed by atoms with Gasteiger partial charge in [0.1, 0.15) is 0 Å². The van der Waals surface area contributed by atoms with Crippen LogP contribution in [0, 0.1) is 5.92 Å². The summed E-state index contributed by atoms with van der Waals surface area (Å²) in [5.74, 6) is 1.47. The lowest BCUT2D eigenvalue weighted by molar-refractivity contribution is -0.137. The van der Waals surface area contributed by atoms with Gasteiger partial charge in [-0.2, -0.15) is 23.3 Å². The number of anilines is 3. The van der Waals surface area contributed by atoms with E-state index < -0.39 is 11.7 Å². The second-order valence-electron chi connectivity index (χ2n) is 6.13. The lowest BCUT2D eigenvalue weighted by atomic mass is 10.00. The van der Waals surface area contributed by atoms with Gasteiger partial charge in [0, 0.05) is 18.8 Å². The molecule has 0 radical (unpaired) electrons. The molecule has 0 bridgehead atoms.